The number of hydrogen-bond acceptors (Lipinski definition) is 5. The van der Waals surface area contributed by atoms with E-state index in [1.807, 2.05) is 31.2 Å². The summed E-state index contributed by atoms with van der Waals surface area (Å²) in [6, 6.07) is 8.74. The smallest absolute Gasteiger partial charge is 0.254 e. The van der Waals surface area contributed by atoms with Gasteiger partial charge in [0, 0.05) is 49.8 Å². The SMILES string of the molecule is CNC(=O)[C@@H]1C[C@H](N)CN1C(=O)c1cccc(NCc2cccnc2)c1C. The lowest BCUT2D eigenvalue weighted by Crippen LogP contribution is -2.45. The van der Waals surface area contributed by atoms with E-state index in [0.29, 0.717) is 25.1 Å². The second-order valence-electron chi connectivity index (χ2n) is 6.78. The molecule has 1 saturated heterocycles. The molecular weight excluding hydrogens is 342 g/mol. The summed E-state index contributed by atoms with van der Waals surface area (Å²) in [6.45, 7) is 2.90. The predicted octanol–water partition coefficient (Wildman–Crippen LogP) is 1.29. The van der Waals surface area contributed by atoms with Gasteiger partial charge in [0.05, 0.1) is 0 Å². The molecule has 1 fully saturated rings. The van der Waals surface area contributed by atoms with Gasteiger partial charge in [-0.25, -0.2) is 0 Å². The zero-order valence-electron chi connectivity index (χ0n) is 15.6. The summed E-state index contributed by atoms with van der Waals surface area (Å²) in [5.74, 6) is -0.348. The molecule has 3 rings (SSSR count). The van der Waals surface area contributed by atoms with Crippen molar-refractivity contribution < 1.29 is 9.59 Å². The number of carbonyl (C=O) groups is 2. The highest BCUT2D eigenvalue weighted by atomic mass is 16.2. The molecule has 1 aromatic heterocycles. The number of nitrogens with zero attached hydrogens (tertiary/aromatic N) is 2. The van der Waals surface area contributed by atoms with E-state index in [1.54, 1.807) is 30.4 Å². The van der Waals surface area contributed by atoms with Gasteiger partial charge in [-0.3, -0.25) is 14.6 Å². The van der Waals surface area contributed by atoms with E-state index in [9.17, 15) is 9.59 Å². The molecule has 27 heavy (non-hydrogen) atoms. The Morgan fingerprint density at radius 3 is 2.81 bits per heavy atom. The van der Waals surface area contributed by atoms with Gasteiger partial charge in [-0.2, -0.15) is 0 Å². The van der Waals surface area contributed by atoms with E-state index in [-0.39, 0.29) is 17.9 Å². The van der Waals surface area contributed by atoms with Crippen molar-refractivity contribution in [2.24, 2.45) is 5.73 Å². The maximum Gasteiger partial charge on any atom is 0.254 e. The Hall–Kier alpha value is -2.93. The molecule has 1 aliphatic rings. The van der Waals surface area contributed by atoms with Gasteiger partial charge in [-0.05, 0) is 42.7 Å². The highest BCUT2D eigenvalue weighted by molar-refractivity contribution is 6.00. The molecule has 4 N–H and O–H groups in total. The molecule has 0 spiro atoms. The molecular formula is C20H25N5O2. The van der Waals surface area contributed by atoms with Gasteiger partial charge in [0.25, 0.3) is 5.91 Å². The van der Waals surface area contributed by atoms with Crippen LogP contribution in [0.4, 0.5) is 5.69 Å². The number of anilines is 1. The van der Waals surface area contributed by atoms with Gasteiger partial charge in [0.2, 0.25) is 5.91 Å². The van der Waals surface area contributed by atoms with Crippen molar-refractivity contribution in [1.29, 1.82) is 0 Å². The van der Waals surface area contributed by atoms with Crippen LogP contribution in [0.25, 0.3) is 0 Å². The number of likely N-dealkylation sites (tertiary alicyclic amines) is 1. The average Bonchev–Trinajstić information content (AvgIpc) is 3.08. The standard InChI is InChI=1S/C20H25N5O2/c1-13-16(20(27)25-12-15(21)9-18(25)19(26)22-2)6-3-7-17(13)24-11-14-5-4-8-23-10-14/h3-8,10,15,18,24H,9,11-12,21H2,1-2H3,(H,22,26)/t15-,18-/m0/s1. The Balaban J connectivity index is 1.80. The third-order valence-corrected chi connectivity index (χ3v) is 4.91. The molecule has 7 nitrogen and oxygen atoms in total. The van der Waals surface area contributed by atoms with Crippen molar-refractivity contribution in [3.05, 3.63) is 59.4 Å². The normalized spacial score (nSPS) is 19.0. The molecule has 2 atom stereocenters. The van der Waals surface area contributed by atoms with Crippen molar-refractivity contribution in [3.8, 4) is 0 Å². The van der Waals surface area contributed by atoms with E-state index in [4.69, 9.17) is 5.73 Å². The van der Waals surface area contributed by atoms with Gasteiger partial charge in [-0.1, -0.05) is 12.1 Å². The molecule has 0 radical (unpaired) electrons. The summed E-state index contributed by atoms with van der Waals surface area (Å²) in [4.78, 5) is 30.9. The fourth-order valence-electron chi connectivity index (χ4n) is 3.42. The zero-order valence-corrected chi connectivity index (χ0v) is 15.6. The number of aromatic nitrogens is 1. The van der Waals surface area contributed by atoms with Crippen molar-refractivity contribution in [1.82, 2.24) is 15.2 Å². The van der Waals surface area contributed by atoms with E-state index < -0.39 is 6.04 Å². The number of benzene rings is 1. The molecule has 142 valence electrons. The maximum atomic E-state index is 13.1. The zero-order chi connectivity index (χ0) is 19.4. The summed E-state index contributed by atoms with van der Waals surface area (Å²) >= 11 is 0. The van der Waals surface area contributed by atoms with Gasteiger partial charge in [0.1, 0.15) is 6.04 Å². The first-order chi connectivity index (χ1) is 13.0. The first-order valence-corrected chi connectivity index (χ1v) is 9.01. The van der Waals surface area contributed by atoms with Crippen molar-refractivity contribution in [2.75, 3.05) is 18.9 Å². The van der Waals surface area contributed by atoms with Crippen LogP contribution < -0.4 is 16.4 Å². The fourth-order valence-corrected chi connectivity index (χ4v) is 3.42. The number of pyridine rings is 1. The highest BCUT2D eigenvalue weighted by Crippen LogP contribution is 2.25. The number of amides is 2. The van der Waals surface area contributed by atoms with Crippen molar-refractivity contribution >= 4 is 17.5 Å². The van der Waals surface area contributed by atoms with Crippen LogP contribution in [0.2, 0.25) is 0 Å². The van der Waals surface area contributed by atoms with E-state index in [0.717, 1.165) is 16.8 Å². The van der Waals surface area contributed by atoms with Crippen molar-refractivity contribution in [3.63, 3.8) is 0 Å². The molecule has 0 saturated carbocycles. The summed E-state index contributed by atoms with van der Waals surface area (Å²) in [5.41, 5.74) is 9.37. The number of hydrogen-bond donors (Lipinski definition) is 3. The van der Waals surface area contributed by atoms with Gasteiger partial charge in [-0.15, -0.1) is 0 Å². The Morgan fingerprint density at radius 2 is 2.11 bits per heavy atom. The molecule has 0 bridgehead atoms. The minimum atomic E-state index is -0.524. The van der Waals surface area contributed by atoms with Gasteiger partial charge in [0.15, 0.2) is 0 Å². The Morgan fingerprint density at radius 1 is 1.30 bits per heavy atom. The van der Waals surface area contributed by atoms with E-state index in [2.05, 4.69) is 15.6 Å². The largest absolute Gasteiger partial charge is 0.381 e. The topological polar surface area (TPSA) is 100 Å². The quantitative estimate of drug-likeness (QED) is 0.739. The molecule has 1 aromatic carbocycles. The van der Waals surface area contributed by atoms with Gasteiger partial charge >= 0.3 is 0 Å². The molecule has 2 amide bonds. The highest BCUT2D eigenvalue weighted by Gasteiger charge is 2.38. The minimum Gasteiger partial charge on any atom is -0.381 e. The predicted molar refractivity (Wildman–Crippen MR) is 104 cm³/mol. The lowest BCUT2D eigenvalue weighted by atomic mass is 10.0. The number of rotatable bonds is 5. The summed E-state index contributed by atoms with van der Waals surface area (Å²) in [5, 5.41) is 5.98. The second kappa shape index (κ2) is 8.18. The third-order valence-electron chi connectivity index (χ3n) is 4.91. The van der Waals surface area contributed by atoms with Crippen molar-refractivity contribution in [2.45, 2.75) is 32.0 Å². The number of nitrogens with one attached hydrogen (secondary N) is 2. The third kappa shape index (κ3) is 4.09. The molecule has 2 aromatic rings. The average molecular weight is 367 g/mol. The molecule has 0 unspecified atom stereocenters. The van der Waals surface area contributed by atoms with Crippen LogP contribution in [0, 0.1) is 6.92 Å². The van der Waals surface area contributed by atoms with Crippen LogP contribution in [-0.4, -0.2) is 47.4 Å². The Labute approximate surface area is 159 Å². The molecule has 1 aliphatic heterocycles. The summed E-state index contributed by atoms with van der Waals surface area (Å²) < 4.78 is 0. The Bertz CT molecular complexity index is 824. The lowest BCUT2D eigenvalue weighted by molar-refractivity contribution is -0.124. The Kier molecular flexibility index (Phi) is 5.71. The van der Waals surface area contributed by atoms with Crippen LogP contribution in [0.3, 0.4) is 0 Å². The molecule has 0 aliphatic carbocycles. The van der Waals surface area contributed by atoms with Crippen LogP contribution in [0.15, 0.2) is 42.7 Å². The van der Waals surface area contributed by atoms with Gasteiger partial charge < -0.3 is 21.3 Å². The van der Waals surface area contributed by atoms with Crippen LogP contribution >= 0.6 is 0 Å². The maximum absolute atomic E-state index is 13.1. The second-order valence-corrected chi connectivity index (χ2v) is 6.78. The molecule has 7 heteroatoms. The summed E-state index contributed by atoms with van der Waals surface area (Å²) in [7, 11) is 1.57. The summed E-state index contributed by atoms with van der Waals surface area (Å²) in [6.07, 6.45) is 4.01. The van der Waals surface area contributed by atoms with Crippen LogP contribution in [0.1, 0.15) is 27.9 Å². The monoisotopic (exact) mass is 367 g/mol. The van der Waals surface area contributed by atoms with Crippen LogP contribution in [0.5, 0.6) is 0 Å². The number of carbonyl (C=O) groups excluding carboxylic acids is 2. The van der Waals surface area contributed by atoms with E-state index in [1.165, 1.54) is 0 Å². The first-order valence-electron chi connectivity index (χ1n) is 9.01. The minimum absolute atomic E-state index is 0.168. The number of likely N-dealkylation sites (N-methyl/N-ethyl adjacent to an activating group) is 1. The fraction of sp³-hybridized carbons (Fsp3) is 0.350. The first kappa shape index (κ1) is 18.8. The molecule has 2 heterocycles. The van der Waals surface area contributed by atoms with E-state index >= 15 is 0 Å². The lowest BCUT2D eigenvalue weighted by Gasteiger charge is -2.24. The van der Waals surface area contributed by atoms with Crippen LogP contribution in [-0.2, 0) is 11.3 Å². The number of nitrogens with two attached hydrogens (primary N) is 1.